The number of benzene rings is 1. The minimum atomic E-state index is -0.0516. The summed E-state index contributed by atoms with van der Waals surface area (Å²) in [5.74, 6) is -0.0516. The lowest BCUT2D eigenvalue weighted by Crippen LogP contribution is -2.29. The van der Waals surface area contributed by atoms with E-state index >= 15 is 0 Å². The molecule has 2 rings (SSSR count). The Morgan fingerprint density at radius 3 is 2.83 bits per heavy atom. The molecule has 0 saturated heterocycles. The van der Waals surface area contributed by atoms with Gasteiger partial charge in [-0.05, 0) is 20.0 Å². The van der Waals surface area contributed by atoms with Gasteiger partial charge in [0.2, 0.25) is 0 Å². The number of carbonyl (C=O) groups excluding carboxylic acids is 1. The van der Waals surface area contributed by atoms with Crippen LogP contribution in [-0.4, -0.2) is 56.2 Å². The summed E-state index contributed by atoms with van der Waals surface area (Å²) in [5.41, 5.74) is 1.04. The molecule has 1 aromatic heterocycles. The molecule has 5 nitrogen and oxygen atoms in total. The van der Waals surface area contributed by atoms with E-state index in [0.717, 1.165) is 36.7 Å². The van der Waals surface area contributed by atoms with E-state index in [1.165, 1.54) is 11.3 Å². The van der Waals surface area contributed by atoms with Crippen LogP contribution in [0.4, 0.5) is 0 Å². The Hall–Kier alpha value is -1.76. The van der Waals surface area contributed by atoms with Crippen LogP contribution in [0.5, 0.6) is 0 Å². The molecular weight excluding hydrogens is 310 g/mol. The number of nitrogens with one attached hydrogen (secondary N) is 1. The smallest absolute Gasteiger partial charge is 0.263 e. The van der Waals surface area contributed by atoms with E-state index in [-0.39, 0.29) is 5.91 Å². The molecule has 1 N–H and O–H groups in total. The second kappa shape index (κ2) is 9.39. The number of amides is 1. The average Bonchev–Trinajstić information content (AvgIpc) is 3.07. The molecule has 1 heterocycles. The molecule has 6 heteroatoms. The van der Waals surface area contributed by atoms with Crippen molar-refractivity contribution in [2.45, 2.75) is 6.42 Å². The van der Waals surface area contributed by atoms with Gasteiger partial charge in [-0.25, -0.2) is 4.98 Å². The maximum absolute atomic E-state index is 12.1. The van der Waals surface area contributed by atoms with Gasteiger partial charge in [-0.15, -0.1) is 11.3 Å². The lowest BCUT2D eigenvalue weighted by Gasteiger charge is -2.15. The Kier molecular flexibility index (Phi) is 7.19. The first kappa shape index (κ1) is 17.6. The average molecular weight is 333 g/mol. The molecule has 23 heavy (non-hydrogen) atoms. The van der Waals surface area contributed by atoms with Gasteiger partial charge in [0.05, 0.1) is 12.8 Å². The van der Waals surface area contributed by atoms with Crippen LogP contribution < -0.4 is 5.32 Å². The van der Waals surface area contributed by atoms with Gasteiger partial charge in [0.15, 0.2) is 0 Å². The molecule has 1 aromatic carbocycles. The number of methoxy groups -OCH3 is 1. The zero-order valence-corrected chi connectivity index (χ0v) is 14.4. The Balaban J connectivity index is 1.75. The van der Waals surface area contributed by atoms with Crippen molar-refractivity contribution in [3.8, 4) is 10.6 Å². The van der Waals surface area contributed by atoms with Crippen LogP contribution in [0.3, 0.4) is 0 Å². The van der Waals surface area contributed by atoms with Crippen molar-refractivity contribution in [2.75, 3.05) is 40.4 Å². The molecule has 0 aliphatic carbocycles. The number of aromatic nitrogens is 1. The lowest BCUT2D eigenvalue weighted by atomic mass is 10.2. The number of rotatable bonds is 9. The summed E-state index contributed by atoms with van der Waals surface area (Å²) in [6.45, 7) is 3.22. The van der Waals surface area contributed by atoms with Crippen LogP contribution in [-0.2, 0) is 4.74 Å². The van der Waals surface area contributed by atoms with Crippen LogP contribution in [0.2, 0.25) is 0 Å². The van der Waals surface area contributed by atoms with Crippen LogP contribution >= 0.6 is 11.3 Å². The molecule has 0 aliphatic heterocycles. The van der Waals surface area contributed by atoms with E-state index in [4.69, 9.17) is 4.74 Å². The number of thiazole rings is 1. The fourth-order valence-corrected chi connectivity index (χ4v) is 2.93. The number of ether oxygens (including phenoxy) is 1. The molecule has 0 unspecified atom stereocenters. The molecule has 0 fully saturated rings. The minimum absolute atomic E-state index is 0.0516. The molecule has 0 saturated carbocycles. The SMILES string of the molecule is COCCN(C)CCCNC(=O)c1cnc(-c2ccccc2)s1. The summed E-state index contributed by atoms with van der Waals surface area (Å²) < 4.78 is 5.04. The quantitative estimate of drug-likeness (QED) is 0.717. The predicted octanol–water partition coefficient (Wildman–Crippen LogP) is 2.51. The van der Waals surface area contributed by atoms with Gasteiger partial charge in [0, 0.05) is 25.8 Å². The van der Waals surface area contributed by atoms with Gasteiger partial charge in [0.1, 0.15) is 9.88 Å². The van der Waals surface area contributed by atoms with Gasteiger partial charge in [0.25, 0.3) is 5.91 Å². The number of hydrogen-bond acceptors (Lipinski definition) is 5. The number of hydrogen-bond donors (Lipinski definition) is 1. The maximum Gasteiger partial charge on any atom is 0.263 e. The lowest BCUT2D eigenvalue weighted by molar-refractivity contribution is 0.0955. The first-order valence-electron chi connectivity index (χ1n) is 7.67. The standard InChI is InChI=1S/C17H23N3O2S/c1-20(11-12-22-2)10-6-9-18-16(21)15-13-19-17(23-15)14-7-4-3-5-8-14/h3-5,7-8,13H,6,9-12H2,1-2H3,(H,18,21). The van der Waals surface area contributed by atoms with Crippen molar-refractivity contribution in [3.63, 3.8) is 0 Å². The summed E-state index contributed by atoms with van der Waals surface area (Å²) >= 11 is 1.42. The highest BCUT2D eigenvalue weighted by atomic mass is 32.1. The third kappa shape index (κ3) is 5.74. The first-order valence-corrected chi connectivity index (χ1v) is 8.49. The number of nitrogens with zero attached hydrogens (tertiary/aromatic N) is 2. The molecule has 0 atom stereocenters. The molecule has 1 amide bonds. The van der Waals surface area contributed by atoms with E-state index in [9.17, 15) is 4.79 Å². The van der Waals surface area contributed by atoms with Gasteiger partial charge in [-0.2, -0.15) is 0 Å². The van der Waals surface area contributed by atoms with E-state index < -0.39 is 0 Å². The maximum atomic E-state index is 12.1. The topological polar surface area (TPSA) is 54.5 Å². The second-order valence-electron chi connectivity index (χ2n) is 5.30. The summed E-state index contributed by atoms with van der Waals surface area (Å²) in [7, 11) is 3.75. The van der Waals surface area contributed by atoms with E-state index in [1.807, 2.05) is 30.3 Å². The summed E-state index contributed by atoms with van der Waals surface area (Å²) in [5, 5.41) is 3.82. The molecule has 0 radical (unpaired) electrons. The largest absolute Gasteiger partial charge is 0.383 e. The monoisotopic (exact) mass is 333 g/mol. The van der Waals surface area contributed by atoms with Gasteiger partial charge in [-0.3, -0.25) is 4.79 Å². The molecule has 2 aromatic rings. The van der Waals surface area contributed by atoms with Crippen molar-refractivity contribution < 1.29 is 9.53 Å². The molecule has 124 valence electrons. The third-order valence-electron chi connectivity index (χ3n) is 3.43. The van der Waals surface area contributed by atoms with Gasteiger partial charge < -0.3 is 15.0 Å². The highest BCUT2D eigenvalue weighted by molar-refractivity contribution is 7.16. The van der Waals surface area contributed by atoms with Crippen LogP contribution in [0.1, 0.15) is 16.1 Å². The Morgan fingerprint density at radius 1 is 1.30 bits per heavy atom. The normalized spacial score (nSPS) is 10.9. The molecule has 0 spiro atoms. The van der Waals surface area contributed by atoms with Crippen molar-refractivity contribution in [2.24, 2.45) is 0 Å². The number of carbonyl (C=O) groups is 1. The van der Waals surface area contributed by atoms with Crippen molar-refractivity contribution in [1.82, 2.24) is 15.2 Å². The fourth-order valence-electron chi connectivity index (χ4n) is 2.09. The molecule has 0 bridgehead atoms. The van der Waals surface area contributed by atoms with Crippen molar-refractivity contribution >= 4 is 17.2 Å². The van der Waals surface area contributed by atoms with E-state index in [1.54, 1.807) is 13.3 Å². The summed E-state index contributed by atoms with van der Waals surface area (Å²) in [4.78, 5) is 19.3. The summed E-state index contributed by atoms with van der Waals surface area (Å²) in [6.07, 6.45) is 2.56. The van der Waals surface area contributed by atoms with Crippen molar-refractivity contribution in [3.05, 3.63) is 41.4 Å². The van der Waals surface area contributed by atoms with Crippen LogP contribution in [0.25, 0.3) is 10.6 Å². The Labute approximate surface area is 141 Å². The first-order chi connectivity index (χ1) is 11.2. The number of likely N-dealkylation sites (N-methyl/N-ethyl adjacent to an activating group) is 1. The summed E-state index contributed by atoms with van der Waals surface area (Å²) in [6, 6.07) is 9.90. The second-order valence-corrected chi connectivity index (χ2v) is 6.33. The van der Waals surface area contributed by atoms with Crippen LogP contribution in [0, 0.1) is 0 Å². The molecular formula is C17H23N3O2S. The van der Waals surface area contributed by atoms with Gasteiger partial charge in [-0.1, -0.05) is 30.3 Å². The zero-order chi connectivity index (χ0) is 16.5. The molecule has 0 aliphatic rings. The van der Waals surface area contributed by atoms with E-state index in [2.05, 4.69) is 22.2 Å². The fraction of sp³-hybridized carbons (Fsp3) is 0.412. The highest BCUT2D eigenvalue weighted by Gasteiger charge is 2.11. The predicted molar refractivity (Wildman–Crippen MR) is 93.9 cm³/mol. The minimum Gasteiger partial charge on any atom is -0.383 e. The Morgan fingerprint density at radius 2 is 2.09 bits per heavy atom. The Bertz CT molecular complexity index is 601. The highest BCUT2D eigenvalue weighted by Crippen LogP contribution is 2.24. The third-order valence-corrected chi connectivity index (χ3v) is 4.47. The van der Waals surface area contributed by atoms with Crippen molar-refractivity contribution in [1.29, 1.82) is 0 Å². The van der Waals surface area contributed by atoms with Crippen LogP contribution in [0.15, 0.2) is 36.5 Å². The van der Waals surface area contributed by atoms with Gasteiger partial charge >= 0.3 is 0 Å². The van der Waals surface area contributed by atoms with E-state index in [0.29, 0.717) is 11.4 Å². The zero-order valence-electron chi connectivity index (χ0n) is 13.6.